The summed E-state index contributed by atoms with van der Waals surface area (Å²) in [4.78, 5) is 90.3. The van der Waals surface area contributed by atoms with Crippen LogP contribution >= 0.6 is 0 Å². The molecule has 0 amide bonds. The smallest absolute Gasteiger partial charge is 0.345 e. The summed E-state index contributed by atoms with van der Waals surface area (Å²) in [7, 11) is 0. The molecule has 13 heteroatoms. The highest BCUT2D eigenvalue weighted by Crippen LogP contribution is 2.74. The van der Waals surface area contributed by atoms with Gasteiger partial charge in [-0.2, -0.15) is 4.89 Å². The Morgan fingerprint density at radius 3 is 0.990 bits per heavy atom. The fourth-order valence-corrected chi connectivity index (χ4v) is 33.3. The Morgan fingerprint density at radius 1 is 0.359 bits per heavy atom. The van der Waals surface area contributed by atoms with Gasteiger partial charge in [-0.1, -0.05) is 34.6 Å². The molecule has 0 aromatic rings. The van der Waals surface area contributed by atoms with Crippen LogP contribution in [0.5, 0.6) is 0 Å². The van der Waals surface area contributed by atoms with E-state index in [-0.39, 0.29) is 94.6 Å². The largest absolute Gasteiger partial charge is 0.462 e. The molecule has 0 N–H and O–H groups in total. The summed E-state index contributed by atoms with van der Waals surface area (Å²) in [6.07, 6.45) is 36.7. The van der Waals surface area contributed by atoms with Crippen LogP contribution in [0.2, 0.25) is 0 Å². The zero-order chi connectivity index (χ0) is 71.2. The van der Waals surface area contributed by atoms with E-state index in [2.05, 4.69) is 34.6 Å². The Hall–Kier alpha value is -3.22. The highest BCUT2D eigenvalue weighted by molar-refractivity contribution is 5.78. The molecule has 25 atom stereocenters. The van der Waals surface area contributed by atoms with Crippen LogP contribution in [0.1, 0.15) is 275 Å². The molecule has 25 unspecified atom stereocenters. The lowest BCUT2D eigenvalue weighted by molar-refractivity contribution is -0.313. The first kappa shape index (κ1) is 70.2. The van der Waals surface area contributed by atoms with Crippen molar-refractivity contribution in [3.05, 3.63) is 0 Å². The van der Waals surface area contributed by atoms with Crippen LogP contribution in [0.15, 0.2) is 0 Å². The van der Waals surface area contributed by atoms with E-state index < -0.39 is 10.8 Å². The number of carbonyl (C=O) groups is 6. The van der Waals surface area contributed by atoms with Crippen molar-refractivity contribution >= 4 is 35.8 Å². The topological polar surface area (TPSA) is 167 Å². The molecule has 24 fully saturated rings. The predicted molar refractivity (Wildman–Crippen MR) is 386 cm³/mol. The van der Waals surface area contributed by atoms with Gasteiger partial charge >= 0.3 is 35.8 Å². The zero-order valence-electron chi connectivity index (χ0n) is 65.1. The van der Waals surface area contributed by atoms with Crippen molar-refractivity contribution in [3.8, 4) is 0 Å². The standard InChI is InChI=1S/C31H46O4.C30H44O4.C29H42O5/c1-5-30(3,4)29(33)34-25-15-19-14-24(25)27-22-12-18(26(19)27)13-23(22)28(32)35-31(6-2)20-8-16-7-17(10-20)11-21(31)9-16;1-5-29(2,3)28(32)33-24-14-18-13-23(24)26-21-11-17(25(18)26)12-22(21)27(31)34-30(4)19-7-15-6-16(9-19)10-20(30)8-15;1-4-14(2)27(30)34-33-24-13-18-12-23(24)26-21-10-17(25(18)26)11-22(21)28(31)32-29(3)19-6-15-5-16(8-19)9-20(29)7-15/h16-27H,5-15H2,1-4H3;15-26H,5-14H2,1-4H3;14-26H,4-13H2,1-3H3. The van der Waals surface area contributed by atoms with Gasteiger partial charge in [0.1, 0.15) is 35.1 Å². The van der Waals surface area contributed by atoms with E-state index in [0.717, 1.165) is 117 Å². The van der Waals surface area contributed by atoms with Crippen LogP contribution in [0.3, 0.4) is 0 Å². The van der Waals surface area contributed by atoms with Gasteiger partial charge in [0.15, 0.2) is 0 Å². The van der Waals surface area contributed by atoms with Crippen molar-refractivity contribution in [1.82, 2.24) is 0 Å². The van der Waals surface area contributed by atoms with Gasteiger partial charge in [0.25, 0.3) is 0 Å². The molecule has 103 heavy (non-hydrogen) atoms. The molecular formula is C90H132O13. The summed E-state index contributed by atoms with van der Waals surface area (Å²) in [5, 5.41) is 0. The van der Waals surface area contributed by atoms with E-state index in [1.165, 1.54) is 135 Å². The van der Waals surface area contributed by atoms with Crippen molar-refractivity contribution < 1.29 is 62.2 Å². The number of esters is 5. The lowest BCUT2D eigenvalue weighted by Crippen LogP contribution is -2.60. The molecule has 0 aromatic carbocycles. The third kappa shape index (κ3) is 10.9. The van der Waals surface area contributed by atoms with Gasteiger partial charge in [0.05, 0.1) is 34.5 Å². The Labute approximate surface area is 617 Å². The average molecular weight is 1420 g/mol. The van der Waals surface area contributed by atoms with E-state index >= 15 is 0 Å². The quantitative estimate of drug-likeness (QED) is 0.0444. The molecule has 24 aliphatic rings. The second kappa shape index (κ2) is 25.2. The van der Waals surface area contributed by atoms with Crippen LogP contribution in [-0.2, 0) is 62.2 Å². The number of ether oxygens (including phenoxy) is 5. The first-order valence-electron chi connectivity index (χ1n) is 44.2. The van der Waals surface area contributed by atoms with Crippen LogP contribution in [0, 0.1) is 212 Å². The minimum atomic E-state index is -0.407. The highest BCUT2D eigenvalue weighted by Gasteiger charge is 2.72. The molecule has 0 spiro atoms. The van der Waals surface area contributed by atoms with Gasteiger partial charge in [0, 0.05) is 0 Å². The molecule has 570 valence electrons. The number of hydrogen-bond acceptors (Lipinski definition) is 13. The Kier molecular flexibility index (Phi) is 17.1. The summed E-state index contributed by atoms with van der Waals surface area (Å²) in [6, 6.07) is 0. The molecule has 24 bridgehead atoms. The Bertz CT molecular complexity index is 3260. The van der Waals surface area contributed by atoms with Crippen LogP contribution in [0.25, 0.3) is 0 Å². The fraction of sp³-hybridized carbons (Fsp3) is 0.933. The van der Waals surface area contributed by atoms with Gasteiger partial charge in [0.2, 0.25) is 0 Å². The fourth-order valence-electron chi connectivity index (χ4n) is 33.3. The van der Waals surface area contributed by atoms with E-state index in [1.807, 2.05) is 41.5 Å². The van der Waals surface area contributed by atoms with E-state index in [0.29, 0.717) is 124 Å². The number of rotatable bonds is 17. The summed E-state index contributed by atoms with van der Waals surface area (Å²) in [5.41, 5.74) is -1.43. The minimum absolute atomic E-state index is 0.0113. The molecule has 13 nitrogen and oxygen atoms in total. The second-order valence-electron chi connectivity index (χ2n) is 43.2. The predicted octanol–water partition coefficient (Wildman–Crippen LogP) is 18.0. The van der Waals surface area contributed by atoms with Gasteiger partial charge in [-0.3, -0.25) is 28.9 Å². The molecule has 0 heterocycles. The molecule has 24 rings (SSSR count). The van der Waals surface area contributed by atoms with Crippen LogP contribution < -0.4 is 0 Å². The van der Waals surface area contributed by atoms with Crippen molar-refractivity contribution in [3.63, 3.8) is 0 Å². The molecule has 0 aromatic heterocycles. The normalized spacial score (nSPS) is 53.6. The van der Waals surface area contributed by atoms with Gasteiger partial charge in [-0.05, 0) is 418 Å². The summed E-state index contributed by atoms with van der Waals surface area (Å²) < 4.78 is 32.3. The molecule has 24 aliphatic carbocycles. The first-order valence-corrected chi connectivity index (χ1v) is 44.2. The number of fused-ring (bicyclic) bond motifs is 27. The number of hydrogen-bond donors (Lipinski definition) is 0. The molecule has 0 aliphatic heterocycles. The van der Waals surface area contributed by atoms with Gasteiger partial charge in [-0.15, -0.1) is 0 Å². The maximum absolute atomic E-state index is 13.9. The molecule has 0 radical (unpaired) electrons. The SMILES string of the molecule is CCC(C)(C)C(=O)OC1CC2CC1C1C3CC(CC3C(=O)OC3(C)C4CC5CC(C4)CC3C5)C21.CCC(C)(C)C(=O)OC1CC2CC1C1C3CC(CC3C(=O)OC3(CC)C4CC5CC(C4)CC3C5)C21.CCC(C)C(=O)OOC1CC2CC1C1C3CC(CC3C(=O)OC3(C)C4CC5CC(C4)CC3C5)C21. The van der Waals surface area contributed by atoms with Crippen molar-refractivity contribution in [2.75, 3.05) is 0 Å². The van der Waals surface area contributed by atoms with Gasteiger partial charge in [-0.25, -0.2) is 4.79 Å². The summed E-state index contributed by atoms with van der Waals surface area (Å²) >= 11 is 0. The van der Waals surface area contributed by atoms with Crippen molar-refractivity contribution in [2.24, 2.45) is 212 Å². The lowest BCUT2D eigenvalue weighted by Gasteiger charge is -2.60. The van der Waals surface area contributed by atoms with E-state index in [4.69, 9.17) is 33.5 Å². The molecule has 24 saturated carbocycles. The monoisotopic (exact) mass is 1420 g/mol. The van der Waals surface area contributed by atoms with Gasteiger partial charge < -0.3 is 23.7 Å². The highest BCUT2D eigenvalue weighted by atomic mass is 17.2. The van der Waals surface area contributed by atoms with E-state index in [9.17, 15) is 28.8 Å². The van der Waals surface area contributed by atoms with Crippen molar-refractivity contribution in [1.29, 1.82) is 0 Å². The van der Waals surface area contributed by atoms with Crippen molar-refractivity contribution in [2.45, 2.75) is 310 Å². The summed E-state index contributed by atoms with van der Waals surface area (Å²) in [5.74, 6) is 19.9. The first-order chi connectivity index (χ1) is 49.3. The van der Waals surface area contributed by atoms with Crippen LogP contribution in [-0.4, -0.2) is 70.9 Å². The van der Waals surface area contributed by atoms with E-state index in [1.54, 1.807) is 0 Å². The minimum Gasteiger partial charge on any atom is -0.462 e. The second-order valence-corrected chi connectivity index (χ2v) is 43.2. The lowest BCUT2D eigenvalue weighted by atomic mass is 9.49. The van der Waals surface area contributed by atoms with Crippen LogP contribution in [0.4, 0.5) is 0 Å². The molecular weight excluding hydrogens is 1290 g/mol. The Morgan fingerprint density at radius 2 is 0.660 bits per heavy atom. The summed E-state index contributed by atoms with van der Waals surface area (Å²) in [6.45, 7) is 22.9. The third-order valence-electron chi connectivity index (χ3n) is 38.4. The maximum Gasteiger partial charge on any atom is 0.345 e. The molecule has 0 saturated heterocycles. The maximum atomic E-state index is 13.9. The average Bonchev–Trinajstić information content (AvgIpc) is 1.59. The third-order valence-corrected chi connectivity index (χ3v) is 38.4. The number of carbonyl (C=O) groups excluding carboxylic acids is 6. The zero-order valence-corrected chi connectivity index (χ0v) is 65.1. The Balaban J connectivity index is 0.000000107.